The number of hydrogen-bond donors (Lipinski definition) is 3. The maximum atomic E-state index is 5.46. The van der Waals surface area contributed by atoms with Gasteiger partial charge in [-0.25, -0.2) is 4.98 Å². The molecule has 2 aromatic rings. The van der Waals surface area contributed by atoms with Gasteiger partial charge in [0.25, 0.3) is 0 Å². The smallest absolute Gasteiger partial charge is 0.150 e. The number of rotatable bonds is 8. The number of hydrogen-bond acceptors (Lipinski definition) is 7. The summed E-state index contributed by atoms with van der Waals surface area (Å²) in [6.45, 7) is 3.31. The molecule has 0 aliphatic carbocycles. The van der Waals surface area contributed by atoms with Crippen molar-refractivity contribution in [2.45, 2.75) is 19.8 Å². The van der Waals surface area contributed by atoms with E-state index in [0.29, 0.717) is 18.9 Å². The molecule has 0 spiro atoms. The highest BCUT2D eigenvalue weighted by atomic mass is 16.5. The van der Waals surface area contributed by atoms with Crippen LogP contribution in [-0.4, -0.2) is 35.4 Å². The van der Waals surface area contributed by atoms with Crippen LogP contribution in [0.25, 0.3) is 0 Å². The Labute approximate surface area is 130 Å². The van der Waals surface area contributed by atoms with E-state index >= 15 is 0 Å². The molecule has 0 bridgehead atoms. The van der Waals surface area contributed by atoms with Crippen molar-refractivity contribution in [2.24, 2.45) is 5.73 Å². The molecule has 118 valence electrons. The average Bonchev–Trinajstić information content (AvgIpc) is 2.54. The predicted octanol–water partition coefficient (Wildman–Crippen LogP) is 1.95. The lowest BCUT2D eigenvalue weighted by molar-refractivity contribution is 0.406. The van der Waals surface area contributed by atoms with Gasteiger partial charge in [-0.1, -0.05) is 13.3 Å². The molecule has 0 unspecified atom stereocenters. The fraction of sp³-hybridized carbons (Fsp3) is 0.400. The van der Waals surface area contributed by atoms with Gasteiger partial charge in [-0.15, -0.1) is 5.10 Å². The standard InChI is InChI=1S/C15H22N6O/c1-3-4-12-13(22-2)5-6-14(20-12)19-11-9-15(17-8-7-16)21-18-10-11/h5-6,9-10H,3-4,7-8,16H2,1-2H3,(H2,17,19,20,21). The summed E-state index contributed by atoms with van der Waals surface area (Å²) in [5.74, 6) is 2.24. The number of anilines is 3. The van der Waals surface area contributed by atoms with Gasteiger partial charge in [0, 0.05) is 19.2 Å². The van der Waals surface area contributed by atoms with Crippen LogP contribution in [0.2, 0.25) is 0 Å². The summed E-state index contributed by atoms with van der Waals surface area (Å²) >= 11 is 0. The van der Waals surface area contributed by atoms with Crippen molar-refractivity contribution in [3.63, 3.8) is 0 Å². The second-order valence-corrected chi connectivity index (χ2v) is 4.77. The number of aromatic nitrogens is 3. The second-order valence-electron chi connectivity index (χ2n) is 4.77. The third-order valence-corrected chi connectivity index (χ3v) is 3.02. The summed E-state index contributed by atoms with van der Waals surface area (Å²) in [7, 11) is 1.66. The minimum Gasteiger partial charge on any atom is -0.495 e. The van der Waals surface area contributed by atoms with Crippen molar-refractivity contribution >= 4 is 17.3 Å². The van der Waals surface area contributed by atoms with Gasteiger partial charge in [0.15, 0.2) is 5.82 Å². The Kier molecular flexibility index (Phi) is 5.91. The van der Waals surface area contributed by atoms with Crippen LogP contribution < -0.4 is 21.1 Å². The van der Waals surface area contributed by atoms with E-state index in [0.717, 1.165) is 35.8 Å². The Morgan fingerprint density at radius 2 is 2.14 bits per heavy atom. The minimum atomic E-state index is 0.541. The van der Waals surface area contributed by atoms with Crippen molar-refractivity contribution < 1.29 is 4.74 Å². The second kappa shape index (κ2) is 8.14. The zero-order chi connectivity index (χ0) is 15.8. The molecule has 0 aliphatic heterocycles. The van der Waals surface area contributed by atoms with Crippen LogP contribution in [0.4, 0.5) is 17.3 Å². The normalized spacial score (nSPS) is 10.3. The molecule has 0 amide bonds. The van der Waals surface area contributed by atoms with Gasteiger partial charge in [-0.05, 0) is 18.6 Å². The summed E-state index contributed by atoms with van der Waals surface area (Å²) in [5.41, 5.74) is 7.22. The van der Waals surface area contributed by atoms with Gasteiger partial charge in [-0.3, -0.25) is 0 Å². The molecular weight excluding hydrogens is 280 g/mol. The fourth-order valence-electron chi connectivity index (χ4n) is 2.03. The lowest BCUT2D eigenvalue weighted by Crippen LogP contribution is -2.14. The van der Waals surface area contributed by atoms with E-state index in [1.165, 1.54) is 0 Å². The highest BCUT2D eigenvalue weighted by Crippen LogP contribution is 2.22. The highest BCUT2D eigenvalue weighted by molar-refractivity contribution is 5.59. The van der Waals surface area contributed by atoms with Crippen LogP contribution in [0.5, 0.6) is 5.75 Å². The first-order chi connectivity index (χ1) is 10.8. The zero-order valence-electron chi connectivity index (χ0n) is 13.0. The molecule has 2 rings (SSSR count). The number of aryl methyl sites for hydroxylation is 1. The van der Waals surface area contributed by atoms with Crippen molar-refractivity contribution in [1.29, 1.82) is 0 Å². The van der Waals surface area contributed by atoms with Gasteiger partial charge in [0.1, 0.15) is 11.6 Å². The molecule has 0 saturated heterocycles. The first-order valence-electron chi connectivity index (χ1n) is 7.34. The van der Waals surface area contributed by atoms with Gasteiger partial charge < -0.3 is 21.1 Å². The van der Waals surface area contributed by atoms with Crippen LogP contribution in [0.3, 0.4) is 0 Å². The van der Waals surface area contributed by atoms with E-state index in [1.54, 1.807) is 13.3 Å². The van der Waals surface area contributed by atoms with Gasteiger partial charge in [0.2, 0.25) is 0 Å². The Morgan fingerprint density at radius 1 is 1.27 bits per heavy atom. The summed E-state index contributed by atoms with van der Waals surface area (Å²) in [6.07, 6.45) is 3.53. The molecule has 22 heavy (non-hydrogen) atoms. The van der Waals surface area contributed by atoms with Crippen LogP contribution >= 0.6 is 0 Å². The zero-order valence-corrected chi connectivity index (χ0v) is 13.0. The third kappa shape index (κ3) is 4.29. The number of nitrogens with two attached hydrogens (primary N) is 1. The number of nitrogens with one attached hydrogen (secondary N) is 2. The van der Waals surface area contributed by atoms with E-state index in [1.807, 2.05) is 18.2 Å². The topological polar surface area (TPSA) is 98.0 Å². The predicted molar refractivity (Wildman–Crippen MR) is 87.6 cm³/mol. The van der Waals surface area contributed by atoms with Crippen LogP contribution in [0.15, 0.2) is 24.4 Å². The maximum Gasteiger partial charge on any atom is 0.150 e. The summed E-state index contributed by atoms with van der Waals surface area (Å²) < 4.78 is 5.33. The van der Waals surface area contributed by atoms with Gasteiger partial charge >= 0.3 is 0 Å². The molecule has 2 aromatic heterocycles. The maximum absolute atomic E-state index is 5.46. The molecule has 0 aromatic carbocycles. The van der Waals surface area contributed by atoms with Gasteiger partial charge in [0.05, 0.1) is 24.7 Å². The number of ether oxygens (including phenoxy) is 1. The van der Waals surface area contributed by atoms with E-state index in [-0.39, 0.29) is 0 Å². The monoisotopic (exact) mass is 302 g/mol. The van der Waals surface area contributed by atoms with E-state index in [9.17, 15) is 0 Å². The van der Waals surface area contributed by atoms with Gasteiger partial charge in [-0.2, -0.15) is 5.10 Å². The molecule has 0 aliphatic rings. The van der Waals surface area contributed by atoms with Crippen LogP contribution in [-0.2, 0) is 6.42 Å². The van der Waals surface area contributed by atoms with Crippen molar-refractivity contribution in [3.05, 3.63) is 30.1 Å². The quantitative estimate of drug-likeness (QED) is 0.685. The molecule has 7 nitrogen and oxygen atoms in total. The lowest BCUT2D eigenvalue weighted by atomic mass is 10.2. The fourth-order valence-corrected chi connectivity index (χ4v) is 2.03. The molecule has 7 heteroatoms. The Morgan fingerprint density at radius 3 is 2.86 bits per heavy atom. The first kappa shape index (κ1) is 16.0. The molecule has 4 N–H and O–H groups in total. The summed E-state index contributed by atoms with van der Waals surface area (Å²) in [6, 6.07) is 5.67. The van der Waals surface area contributed by atoms with Crippen molar-refractivity contribution in [2.75, 3.05) is 30.8 Å². The molecule has 2 heterocycles. The third-order valence-electron chi connectivity index (χ3n) is 3.02. The van der Waals surface area contributed by atoms with E-state index < -0.39 is 0 Å². The van der Waals surface area contributed by atoms with E-state index in [2.05, 4.69) is 32.7 Å². The lowest BCUT2D eigenvalue weighted by Gasteiger charge is -2.11. The molecular formula is C15H22N6O. The average molecular weight is 302 g/mol. The Balaban J connectivity index is 2.14. The molecule has 0 radical (unpaired) electrons. The molecule has 0 atom stereocenters. The summed E-state index contributed by atoms with van der Waals surface area (Å²) in [5, 5.41) is 14.3. The largest absolute Gasteiger partial charge is 0.495 e. The Hall–Kier alpha value is -2.41. The molecule has 0 fully saturated rings. The van der Waals surface area contributed by atoms with Crippen molar-refractivity contribution in [3.8, 4) is 5.75 Å². The van der Waals surface area contributed by atoms with Crippen LogP contribution in [0.1, 0.15) is 19.0 Å². The first-order valence-corrected chi connectivity index (χ1v) is 7.34. The highest BCUT2D eigenvalue weighted by Gasteiger charge is 2.06. The number of pyridine rings is 1. The Bertz CT molecular complexity index is 604. The number of nitrogens with zero attached hydrogens (tertiary/aromatic N) is 3. The summed E-state index contributed by atoms with van der Waals surface area (Å²) in [4.78, 5) is 4.60. The number of methoxy groups -OCH3 is 1. The van der Waals surface area contributed by atoms with E-state index in [4.69, 9.17) is 10.5 Å². The van der Waals surface area contributed by atoms with Crippen LogP contribution in [0, 0.1) is 0 Å². The SMILES string of the molecule is CCCc1nc(Nc2cnnc(NCCN)c2)ccc1OC. The minimum absolute atomic E-state index is 0.541. The molecule has 0 saturated carbocycles. The van der Waals surface area contributed by atoms with Crippen molar-refractivity contribution in [1.82, 2.24) is 15.2 Å².